The summed E-state index contributed by atoms with van der Waals surface area (Å²) in [7, 11) is 0. The Morgan fingerprint density at radius 3 is 2.82 bits per heavy atom. The van der Waals surface area contributed by atoms with E-state index in [1.165, 1.54) is 29.6 Å². The third kappa shape index (κ3) is 5.83. The van der Waals surface area contributed by atoms with E-state index in [9.17, 15) is 4.79 Å². The number of nitrogens with zero attached hydrogens (tertiary/aromatic N) is 1. The molecule has 1 amide bonds. The minimum absolute atomic E-state index is 0.347. The second kappa shape index (κ2) is 6.13. The highest BCUT2D eigenvalue weighted by Gasteiger charge is 1.96. The van der Waals surface area contributed by atoms with Crippen molar-refractivity contribution in [3.8, 4) is 6.07 Å². The Morgan fingerprint density at radius 2 is 2.45 bits per heavy atom. The van der Waals surface area contributed by atoms with Gasteiger partial charge in [-0.05, 0) is 6.26 Å². The van der Waals surface area contributed by atoms with E-state index >= 15 is 0 Å². The van der Waals surface area contributed by atoms with Gasteiger partial charge in [-0.1, -0.05) is 0 Å². The molecule has 11 heavy (non-hydrogen) atoms. The van der Waals surface area contributed by atoms with E-state index in [4.69, 9.17) is 11.0 Å². The van der Waals surface area contributed by atoms with Crippen LogP contribution in [0.15, 0.2) is 10.3 Å². The zero-order chi connectivity index (χ0) is 8.69. The molecule has 0 radical (unpaired) electrons. The number of thioether (sulfide) groups is 2. The Bertz CT molecular complexity index is 207. The van der Waals surface area contributed by atoms with Crippen LogP contribution >= 0.6 is 23.5 Å². The fourth-order valence-corrected chi connectivity index (χ4v) is 1.67. The molecule has 0 saturated carbocycles. The Morgan fingerprint density at radius 1 is 1.82 bits per heavy atom. The number of carbonyl (C=O) groups is 1. The quantitative estimate of drug-likeness (QED) is 0.666. The van der Waals surface area contributed by atoms with E-state index in [2.05, 4.69) is 0 Å². The van der Waals surface area contributed by atoms with Gasteiger partial charge in [-0.15, -0.1) is 23.5 Å². The van der Waals surface area contributed by atoms with Gasteiger partial charge in [0.1, 0.15) is 0 Å². The van der Waals surface area contributed by atoms with Gasteiger partial charge in [-0.3, -0.25) is 4.79 Å². The zero-order valence-electron chi connectivity index (χ0n) is 6.03. The Labute approximate surface area is 74.0 Å². The molecule has 5 heteroatoms. The molecule has 0 aliphatic rings. The van der Waals surface area contributed by atoms with Crippen molar-refractivity contribution >= 4 is 29.4 Å². The first kappa shape index (κ1) is 10.4. The van der Waals surface area contributed by atoms with Gasteiger partial charge in [0.05, 0.1) is 11.8 Å². The lowest BCUT2D eigenvalue weighted by Crippen LogP contribution is -2.06. The Balaban J connectivity index is 3.96. The van der Waals surface area contributed by atoms with Gasteiger partial charge in [0.2, 0.25) is 5.91 Å². The number of nitrogens with two attached hydrogens (primary N) is 1. The number of hydrogen-bond donors (Lipinski definition) is 1. The fourth-order valence-electron chi connectivity index (χ4n) is 0.379. The van der Waals surface area contributed by atoms with E-state index in [1.54, 1.807) is 0 Å². The molecule has 0 aliphatic carbocycles. The van der Waals surface area contributed by atoms with Crippen molar-refractivity contribution in [1.29, 1.82) is 5.26 Å². The highest BCUT2D eigenvalue weighted by molar-refractivity contribution is 8.22. The molecule has 60 valence electrons. The molecule has 0 aromatic rings. The van der Waals surface area contributed by atoms with Gasteiger partial charge in [0.15, 0.2) is 0 Å². The third-order valence-corrected chi connectivity index (χ3v) is 2.79. The smallest absolute Gasteiger partial charge is 0.243 e. The number of hydrogen-bond acceptors (Lipinski definition) is 4. The molecule has 0 aromatic carbocycles. The van der Waals surface area contributed by atoms with Crippen molar-refractivity contribution in [3.05, 3.63) is 10.3 Å². The van der Waals surface area contributed by atoms with E-state index in [0.717, 1.165) is 4.24 Å². The van der Waals surface area contributed by atoms with Gasteiger partial charge in [0, 0.05) is 10.3 Å². The first-order valence-electron chi connectivity index (χ1n) is 2.75. The van der Waals surface area contributed by atoms with E-state index < -0.39 is 5.91 Å². The Hall–Kier alpha value is -0.600. The number of carbonyl (C=O) groups excluding carboxylic acids is 1. The van der Waals surface area contributed by atoms with Crippen LogP contribution in [0.5, 0.6) is 0 Å². The second-order valence-corrected chi connectivity index (χ2v) is 3.64. The van der Waals surface area contributed by atoms with Crippen LogP contribution in [-0.2, 0) is 4.79 Å². The topological polar surface area (TPSA) is 66.9 Å². The van der Waals surface area contributed by atoms with Crippen molar-refractivity contribution in [3.63, 3.8) is 0 Å². The van der Waals surface area contributed by atoms with Crippen molar-refractivity contribution in [2.24, 2.45) is 5.73 Å². The molecule has 0 rings (SSSR count). The average Bonchev–Trinajstić information content (AvgIpc) is 1.97. The lowest BCUT2D eigenvalue weighted by molar-refractivity contribution is -0.113. The molecular formula is C6H8N2OS2. The molecule has 0 unspecified atom stereocenters. The van der Waals surface area contributed by atoms with Crippen LogP contribution in [0.2, 0.25) is 0 Å². The zero-order valence-corrected chi connectivity index (χ0v) is 7.67. The van der Waals surface area contributed by atoms with Gasteiger partial charge < -0.3 is 5.73 Å². The molecule has 0 fully saturated rings. The van der Waals surface area contributed by atoms with Gasteiger partial charge >= 0.3 is 0 Å². The number of amides is 1. The van der Waals surface area contributed by atoms with Crippen LogP contribution in [0.1, 0.15) is 0 Å². The van der Waals surface area contributed by atoms with Crippen LogP contribution in [-0.4, -0.2) is 17.9 Å². The largest absolute Gasteiger partial charge is 0.366 e. The number of nitriles is 1. The highest BCUT2D eigenvalue weighted by atomic mass is 32.2. The summed E-state index contributed by atoms with van der Waals surface area (Å²) < 4.78 is 0.777. The van der Waals surface area contributed by atoms with Crippen molar-refractivity contribution in [1.82, 2.24) is 0 Å². The summed E-state index contributed by atoms with van der Waals surface area (Å²) in [4.78, 5) is 10.4. The number of rotatable bonds is 4. The molecular weight excluding hydrogens is 180 g/mol. The summed E-state index contributed by atoms with van der Waals surface area (Å²) >= 11 is 2.72. The molecule has 0 bridgehead atoms. The summed E-state index contributed by atoms with van der Waals surface area (Å²) in [6, 6.07) is 1.96. The predicted molar refractivity (Wildman–Crippen MR) is 48.9 cm³/mol. The summed E-state index contributed by atoms with van der Waals surface area (Å²) in [5.74, 6) is -0.125. The Kier molecular flexibility index (Phi) is 5.80. The average molecular weight is 188 g/mol. The van der Waals surface area contributed by atoms with Crippen LogP contribution in [0.3, 0.4) is 0 Å². The van der Waals surface area contributed by atoms with Crippen LogP contribution in [0.25, 0.3) is 0 Å². The van der Waals surface area contributed by atoms with Crippen molar-refractivity contribution in [2.45, 2.75) is 0 Å². The first-order valence-corrected chi connectivity index (χ1v) is 4.96. The normalized spacial score (nSPS) is 10.7. The lowest BCUT2D eigenvalue weighted by atomic mass is 10.6. The standard InChI is InChI=1S/C6H8N2OS2/c1-10-6(4-5(8)9)11-3-2-7/h4H,3H2,1H3,(H2,8,9)/b6-4-. The number of primary amides is 1. The van der Waals surface area contributed by atoms with E-state index in [-0.39, 0.29) is 0 Å². The van der Waals surface area contributed by atoms with Gasteiger partial charge in [-0.25, -0.2) is 0 Å². The predicted octanol–water partition coefficient (Wildman–Crippen LogP) is 0.933. The maximum Gasteiger partial charge on any atom is 0.243 e. The minimum atomic E-state index is -0.472. The van der Waals surface area contributed by atoms with E-state index in [0.29, 0.717) is 5.75 Å². The van der Waals surface area contributed by atoms with Gasteiger partial charge in [0.25, 0.3) is 0 Å². The van der Waals surface area contributed by atoms with Gasteiger partial charge in [-0.2, -0.15) is 5.26 Å². The monoisotopic (exact) mass is 188 g/mol. The van der Waals surface area contributed by atoms with Crippen molar-refractivity contribution in [2.75, 3.05) is 12.0 Å². The van der Waals surface area contributed by atoms with Crippen LogP contribution in [0, 0.1) is 11.3 Å². The molecule has 2 N–H and O–H groups in total. The van der Waals surface area contributed by atoms with Crippen LogP contribution < -0.4 is 5.73 Å². The van der Waals surface area contributed by atoms with Crippen LogP contribution in [0.4, 0.5) is 0 Å². The molecule has 0 heterocycles. The third-order valence-electron chi connectivity index (χ3n) is 0.740. The molecule has 0 spiro atoms. The molecule has 3 nitrogen and oxygen atoms in total. The first-order chi connectivity index (χ1) is 5.20. The second-order valence-electron chi connectivity index (χ2n) is 1.52. The molecule has 0 aliphatic heterocycles. The minimum Gasteiger partial charge on any atom is -0.366 e. The maximum atomic E-state index is 10.4. The maximum absolute atomic E-state index is 10.4. The fraction of sp³-hybridized carbons (Fsp3) is 0.333. The van der Waals surface area contributed by atoms with E-state index in [1.807, 2.05) is 12.3 Å². The molecule has 0 atom stereocenters. The molecule has 0 saturated heterocycles. The summed E-state index contributed by atoms with van der Waals surface area (Å²) in [5, 5.41) is 8.22. The lowest BCUT2D eigenvalue weighted by Gasteiger charge is -1.96. The molecule has 0 aromatic heterocycles. The SMILES string of the molecule is CS/C(=C/C(N)=O)SCC#N. The summed E-state index contributed by atoms with van der Waals surface area (Å²) in [6.07, 6.45) is 3.16. The summed E-state index contributed by atoms with van der Waals surface area (Å²) in [6.45, 7) is 0. The summed E-state index contributed by atoms with van der Waals surface area (Å²) in [5.41, 5.74) is 4.92. The highest BCUT2D eigenvalue weighted by Crippen LogP contribution is 2.24. The van der Waals surface area contributed by atoms with Crippen molar-refractivity contribution < 1.29 is 4.79 Å².